The summed E-state index contributed by atoms with van der Waals surface area (Å²) in [6.07, 6.45) is 14.4. The van der Waals surface area contributed by atoms with Crippen LogP contribution in [0.3, 0.4) is 0 Å². The number of likely N-dealkylation sites (tertiary alicyclic amines) is 1. The van der Waals surface area contributed by atoms with Crippen LogP contribution in [0.2, 0.25) is 0 Å². The monoisotopic (exact) mass is 593 g/mol. The van der Waals surface area contributed by atoms with Gasteiger partial charge in [-0.05, 0) is 63.0 Å². The fourth-order valence-electron chi connectivity index (χ4n) is 7.93. The van der Waals surface area contributed by atoms with Gasteiger partial charge in [0.2, 0.25) is 5.91 Å². The van der Waals surface area contributed by atoms with Crippen LogP contribution < -0.4 is 10.6 Å². The molecule has 2 saturated carbocycles. The molecule has 2 aliphatic heterocycles. The van der Waals surface area contributed by atoms with E-state index in [0.29, 0.717) is 57.6 Å². The zero-order chi connectivity index (χ0) is 30.1. The van der Waals surface area contributed by atoms with Gasteiger partial charge >= 0.3 is 6.03 Å². The Morgan fingerprint density at radius 3 is 2.49 bits per heavy atom. The van der Waals surface area contributed by atoms with Crippen LogP contribution in [0.4, 0.5) is 4.79 Å². The summed E-state index contributed by atoms with van der Waals surface area (Å²) >= 11 is 0. The summed E-state index contributed by atoms with van der Waals surface area (Å²) < 4.78 is 5.65. The number of nitrogens with one attached hydrogen (secondary N) is 3. The molecule has 3 N–H and O–H groups in total. The number of carbonyl (C=O) groups is 2. The highest BCUT2D eigenvalue weighted by molar-refractivity contribution is 6.08. The summed E-state index contributed by atoms with van der Waals surface area (Å²) in [5.41, 5.74) is 0.0267. The molecular weight excluding hydrogens is 542 g/mol. The standard InChI is InChI=1S/C33H51N7O3/c1-2-35-32(42)37-30(40-18-20-43-21-19-40)29(28(27-14-9-16-36-27)26-12-7-4-8-13-26)31(41)38-33(23-34)15-17-39(24-33)22-25-10-5-3-6-11-25/h9,14,16,25-26,28-29,36H,2-8,10-13,15,17-22,24H2,1H3,(H,35,42)(H,38,41). The van der Waals surface area contributed by atoms with Gasteiger partial charge in [-0.15, -0.1) is 0 Å². The molecule has 3 heterocycles. The fourth-order valence-corrected chi connectivity index (χ4v) is 7.93. The third-order valence-electron chi connectivity index (χ3n) is 10.1. The molecule has 2 aliphatic carbocycles. The van der Waals surface area contributed by atoms with Crippen LogP contribution in [0.5, 0.6) is 0 Å². The summed E-state index contributed by atoms with van der Waals surface area (Å²) in [5.74, 6) is 0.296. The van der Waals surface area contributed by atoms with Crippen molar-refractivity contribution in [2.24, 2.45) is 22.7 Å². The molecular formula is C33H51N7O3. The van der Waals surface area contributed by atoms with Gasteiger partial charge in [-0.2, -0.15) is 10.3 Å². The quantitative estimate of drug-likeness (QED) is 0.288. The van der Waals surface area contributed by atoms with E-state index in [1.54, 1.807) is 0 Å². The first-order valence-corrected chi connectivity index (χ1v) is 16.8. The predicted molar refractivity (Wildman–Crippen MR) is 167 cm³/mol. The Labute approximate surface area is 257 Å². The largest absolute Gasteiger partial charge is 0.378 e. The van der Waals surface area contributed by atoms with E-state index < -0.39 is 17.5 Å². The lowest BCUT2D eigenvalue weighted by atomic mass is 9.71. The van der Waals surface area contributed by atoms with E-state index in [4.69, 9.17) is 4.74 Å². The van der Waals surface area contributed by atoms with E-state index in [1.165, 1.54) is 38.5 Å². The third-order valence-corrected chi connectivity index (χ3v) is 10.1. The Hall–Kier alpha value is -2.90. The smallest absolute Gasteiger partial charge is 0.342 e. The third kappa shape index (κ3) is 7.98. The predicted octanol–water partition coefficient (Wildman–Crippen LogP) is 4.42. The van der Waals surface area contributed by atoms with Crippen LogP contribution in [0.25, 0.3) is 0 Å². The summed E-state index contributed by atoms with van der Waals surface area (Å²) in [6.45, 7) is 6.79. The van der Waals surface area contributed by atoms with Gasteiger partial charge in [0.15, 0.2) is 0 Å². The zero-order valence-electron chi connectivity index (χ0n) is 26.0. The van der Waals surface area contributed by atoms with Gasteiger partial charge in [-0.25, -0.2) is 4.79 Å². The number of amides is 3. The van der Waals surface area contributed by atoms with Gasteiger partial charge < -0.3 is 25.3 Å². The number of hydrogen-bond acceptors (Lipinski definition) is 5. The van der Waals surface area contributed by atoms with E-state index in [9.17, 15) is 14.9 Å². The molecule has 0 radical (unpaired) electrons. The lowest BCUT2D eigenvalue weighted by Crippen LogP contribution is -2.57. The van der Waals surface area contributed by atoms with Gasteiger partial charge in [-0.1, -0.05) is 38.5 Å². The molecule has 1 aromatic rings. The summed E-state index contributed by atoms with van der Waals surface area (Å²) in [6, 6.07) is 6.13. The Balaban J connectivity index is 1.48. The summed E-state index contributed by atoms with van der Waals surface area (Å²) in [4.78, 5) is 40.3. The van der Waals surface area contributed by atoms with Crippen LogP contribution in [0.1, 0.15) is 89.2 Å². The topological polar surface area (TPSA) is 126 Å². The number of rotatable bonds is 9. The van der Waals surface area contributed by atoms with E-state index >= 15 is 0 Å². The minimum atomic E-state index is -0.960. The lowest BCUT2D eigenvalue weighted by Gasteiger charge is -2.40. The molecule has 0 spiro atoms. The average molecular weight is 594 g/mol. The van der Waals surface area contributed by atoms with Gasteiger partial charge in [0.1, 0.15) is 17.3 Å². The molecule has 236 valence electrons. The Kier molecular flexibility index (Phi) is 11.1. The van der Waals surface area contributed by atoms with E-state index in [-0.39, 0.29) is 17.7 Å². The summed E-state index contributed by atoms with van der Waals surface area (Å²) in [7, 11) is 0. The highest BCUT2D eigenvalue weighted by Crippen LogP contribution is 2.42. The zero-order valence-corrected chi connectivity index (χ0v) is 26.0. The molecule has 0 bridgehead atoms. The highest BCUT2D eigenvalue weighted by atomic mass is 16.5. The number of aliphatic imine (C=N–C) groups is 1. The van der Waals surface area contributed by atoms with Crippen molar-refractivity contribution < 1.29 is 14.3 Å². The number of nitriles is 1. The number of hydrogen-bond donors (Lipinski definition) is 3. The second-order valence-electron chi connectivity index (χ2n) is 13.1. The number of carbonyl (C=O) groups excluding carboxylic acids is 2. The second kappa shape index (κ2) is 15.2. The Morgan fingerprint density at radius 2 is 1.84 bits per heavy atom. The van der Waals surface area contributed by atoms with Crippen LogP contribution in [0, 0.1) is 29.1 Å². The normalized spacial score (nSPS) is 26.0. The Bertz CT molecular complexity index is 1110. The molecule has 5 rings (SSSR count). The molecule has 3 atom stereocenters. The van der Waals surface area contributed by atoms with Crippen molar-refractivity contribution in [1.29, 1.82) is 5.26 Å². The number of nitrogens with zero attached hydrogens (tertiary/aromatic N) is 4. The molecule has 2 saturated heterocycles. The molecule has 0 aromatic carbocycles. The summed E-state index contributed by atoms with van der Waals surface area (Å²) in [5, 5.41) is 16.6. The first kappa shape index (κ1) is 31.5. The maximum absolute atomic E-state index is 14.8. The van der Waals surface area contributed by atoms with Crippen molar-refractivity contribution in [2.75, 3.05) is 52.5 Å². The van der Waals surface area contributed by atoms with Crippen LogP contribution in [0.15, 0.2) is 23.3 Å². The minimum Gasteiger partial charge on any atom is -0.378 e. The number of ether oxygens (including phenoxy) is 1. The van der Waals surface area contributed by atoms with Crippen molar-refractivity contribution in [3.05, 3.63) is 24.0 Å². The van der Waals surface area contributed by atoms with Crippen molar-refractivity contribution >= 4 is 17.8 Å². The van der Waals surface area contributed by atoms with Crippen molar-refractivity contribution in [1.82, 2.24) is 25.4 Å². The second-order valence-corrected chi connectivity index (χ2v) is 13.1. The van der Waals surface area contributed by atoms with Crippen LogP contribution in [-0.4, -0.2) is 90.6 Å². The molecule has 4 aliphatic rings. The maximum Gasteiger partial charge on any atom is 0.342 e. The Morgan fingerprint density at radius 1 is 1.12 bits per heavy atom. The molecule has 4 fully saturated rings. The molecule has 3 amide bonds. The molecule has 10 nitrogen and oxygen atoms in total. The highest BCUT2D eigenvalue weighted by Gasteiger charge is 2.47. The van der Waals surface area contributed by atoms with Gasteiger partial charge in [0.05, 0.1) is 19.3 Å². The molecule has 10 heteroatoms. The average Bonchev–Trinajstić information content (AvgIpc) is 3.71. The van der Waals surface area contributed by atoms with Gasteiger partial charge in [0.25, 0.3) is 0 Å². The minimum absolute atomic E-state index is 0.193. The van der Waals surface area contributed by atoms with E-state index in [0.717, 1.165) is 44.5 Å². The number of H-pyrrole nitrogens is 1. The van der Waals surface area contributed by atoms with E-state index in [1.807, 2.05) is 19.2 Å². The number of urea groups is 1. The fraction of sp³-hybridized carbons (Fsp3) is 0.758. The van der Waals surface area contributed by atoms with Crippen LogP contribution >= 0.6 is 0 Å². The molecule has 3 unspecified atom stereocenters. The maximum atomic E-state index is 14.8. The van der Waals surface area contributed by atoms with Gasteiger partial charge in [0, 0.05) is 57.1 Å². The van der Waals surface area contributed by atoms with Crippen molar-refractivity contribution in [2.45, 2.75) is 89.0 Å². The number of aromatic nitrogens is 1. The SMILES string of the molecule is CCNC(=O)N=C(C(C(=O)NC1(C#N)CCN(CC2CCCCC2)C1)C(c1ccc[nH]1)C1CCCCC1)N1CCOCC1. The van der Waals surface area contributed by atoms with Gasteiger partial charge in [-0.3, -0.25) is 9.69 Å². The lowest BCUT2D eigenvalue weighted by molar-refractivity contribution is -0.125. The molecule has 1 aromatic heterocycles. The molecule has 43 heavy (non-hydrogen) atoms. The number of aromatic amines is 1. The van der Waals surface area contributed by atoms with Crippen molar-refractivity contribution in [3.8, 4) is 6.07 Å². The number of morpholine rings is 1. The first-order chi connectivity index (χ1) is 21.0. The number of amidine groups is 1. The van der Waals surface area contributed by atoms with E-state index in [2.05, 4.69) is 42.5 Å². The van der Waals surface area contributed by atoms with Crippen LogP contribution in [-0.2, 0) is 9.53 Å². The first-order valence-electron chi connectivity index (χ1n) is 16.8. The van der Waals surface area contributed by atoms with Crippen molar-refractivity contribution in [3.63, 3.8) is 0 Å².